The number of aryl methyl sites for hydroxylation is 2. The molecular weight excluding hydrogens is 276 g/mol. The minimum absolute atomic E-state index is 0.219. The van der Waals surface area contributed by atoms with Crippen molar-refractivity contribution in [3.8, 4) is 0 Å². The fourth-order valence-corrected chi connectivity index (χ4v) is 3.22. The van der Waals surface area contributed by atoms with E-state index in [4.69, 9.17) is 0 Å². The fourth-order valence-electron chi connectivity index (χ4n) is 2.29. The molecule has 0 aliphatic heterocycles. The van der Waals surface area contributed by atoms with Crippen molar-refractivity contribution < 1.29 is 8.42 Å². The number of rotatable bonds is 8. The number of hydrogen-bond acceptors (Lipinski definition) is 4. The normalized spacial score (nSPS) is 13.9. The summed E-state index contributed by atoms with van der Waals surface area (Å²) in [6.07, 6.45) is 4.07. The number of hydrogen-bond donors (Lipinski definition) is 1. The molecule has 1 N–H and O–H groups in total. The Morgan fingerprint density at radius 3 is 2.60 bits per heavy atom. The van der Waals surface area contributed by atoms with Crippen LogP contribution in [0.25, 0.3) is 0 Å². The van der Waals surface area contributed by atoms with Crippen molar-refractivity contribution in [2.75, 3.05) is 25.9 Å². The van der Waals surface area contributed by atoms with E-state index in [1.54, 1.807) is 0 Å². The number of nitrogens with one attached hydrogen (secondary N) is 1. The Morgan fingerprint density at radius 1 is 1.50 bits per heavy atom. The van der Waals surface area contributed by atoms with Crippen LogP contribution >= 0.6 is 0 Å². The van der Waals surface area contributed by atoms with Gasteiger partial charge in [0.05, 0.1) is 11.9 Å². The molecule has 1 aromatic rings. The largest absolute Gasteiger partial charge is 0.310 e. The van der Waals surface area contributed by atoms with E-state index in [1.165, 1.54) is 16.1 Å². The van der Waals surface area contributed by atoms with Gasteiger partial charge >= 0.3 is 0 Å². The van der Waals surface area contributed by atoms with Gasteiger partial charge in [0.2, 0.25) is 10.0 Å². The zero-order valence-electron chi connectivity index (χ0n) is 13.0. The molecule has 0 amide bonds. The van der Waals surface area contributed by atoms with Gasteiger partial charge in [-0.25, -0.2) is 12.7 Å². The number of aromatic nitrogens is 2. The van der Waals surface area contributed by atoms with Crippen molar-refractivity contribution in [3.05, 3.63) is 17.5 Å². The molecule has 0 aromatic carbocycles. The Balaban J connectivity index is 2.39. The molecule has 0 radical (unpaired) electrons. The predicted octanol–water partition coefficient (Wildman–Crippen LogP) is 1.05. The molecule has 1 aromatic heterocycles. The van der Waals surface area contributed by atoms with Crippen molar-refractivity contribution in [1.29, 1.82) is 0 Å². The lowest BCUT2D eigenvalue weighted by atomic mass is 10.1. The topological polar surface area (TPSA) is 67.2 Å². The summed E-state index contributed by atoms with van der Waals surface area (Å²) >= 11 is 0. The van der Waals surface area contributed by atoms with Crippen LogP contribution in [-0.2, 0) is 17.1 Å². The lowest BCUT2D eigenvalue weighted by molar-refractivity contribution is 0.413. The monoisotopic (exact) mass is 302 g/mol. The second kappa shape index (κ2) is 7.19. The van der Waals surface area contributed by atoms with Crippen LogP contribution in [0, 0.1) is 6.92 Å². The van der Waals surface area contributed by atoms with Gasteiger partial charge in [-0.1, -0.05) is 6.92 Å². The zero-order chi connectivity index (χ0) is 15.3. The van der Waals surface area contributed by atoms with E-state index in [0.29, 0.717) is 13.1 Å². The van der Waals surface area contributed by atoms with Gasteiger partial charge in [0.15, 0.2) is 0 Å². The van der Waals surface area contributed by atoms with E-state index in [-0.39, 0.29) is 6.04 Å². The van der Waals surface area contributed by atoms with Gasteiger partial charge < -0.3 is 5.32 Å². The van der Waals surface area contributed by atoms with Crippen molar-refractivity contribution in [3.63, 3.8) is 0 Å². The molecular formula is C13H26N4O2S. The molecule has 0 aliphatic rings. The second-order valence-electron chi connectivity index (χ2n) is 5.13. The molecule has 20 heavy (non-hydrogen) atoms. The van der Waals surface area contributed by atoms with Gasteiger partial charge in [-0.3, -0.25) is 4.68 Å². The number of sulfonamides is 1. The van der Waals surface area contributed by atoms with Gasteiger partial charge in [0, 0.05) is 37.9 Å². The first-order valence-electron chi connectivity index (χ1n) is 6.94. The molecule has 0 saturated carbocycles. The second-order valence-corrected chi connectivity index (χ2v) is 7.11. The summed E-state index contributed by atoms with van der Waals surface area (Å²) in [6, 6.07) is 0.219. The molecule has 0 aliphatic carbocycles. The minimum Gasteiger partial charge on any atom is -0.310 e. The molecule has 1 rings (SSSR count). The highest BCUT2D eigenvalue weighted by Gasteiger charge is 2.14. The van der Waals surface area contributed by atoms with Crippen LogP contribution in [0.4, 0.5) is 0 Å². The summed E-state index contributed by atoms with van der Waals surface area (Å²) in [5.41, 5.74) is 2.21. The third-order valence-corrected chi connectivity index (χ3v) is 4.75. The highest BCUT2D eigenvalue weighted by atomic mass is 32.2. The van der Waals surface area contributed by atoms with Gasteiger partial charge in [-0.15, -0.1) is 0 Å². The summed E-state index contributed by atoms with van der Waals surface area (Å²) in [4.78, 5) is 0. The Morgan fingerprint density at radius 2 is 2.15 bits per heavy atom. The van der Waals surface area contributed by atoms with Gasteiger partial charge in [-0.2, -0.15) is 5.10 Å². The third-order valence-electron chi connectivity index (χ3n) is 3.37. The highest BCUT2D eigenvalue weighted by molar-refractivity contribution is 7.88. The van der Waals surface area contributed by atoms with Crippen LogP contribution in [0.5, 0.6) is 0 Å². The quantitative estimate of drug-likeness (QED) is 0.729. The van der Waals surface area contributed by atoms with E-state index in [9.17, 15) is 8.42 Å². The first-order valence-corrected chi connectivity index (χ1v) is 8.79. The average Bonchev–Trinajstić information content (AvgIpc) is 2.66. The summed E-state index contributed by atoms with van der Waals surface area (Å²) in [7, 11) is -1.17. The molecule has 0 fully saturated rings. The van der Waals surface area contributed by atoms with Crippen molar-refractivity contribution >= 4 is 10.0 Å². The molecule has 0 spiro atoms. The van der Waals surface area contributed by atoms with E-state index in [0.717, 1.165) is 18.7 Å². The smallest absolute Gasteiger partial charge is 0.211 e. The Kier molecular flexibility index (Phi) is 6.16. The van der Waals surface area contributed by atoms with Crippen LogP contribution < -0.4 is 5.32 Å². The van der Waals surface area contributed by atoms with Gasteiger partial charge in [0.25, 0.3) is 0 Å². The minimum atomic E-state index is -3.08. The SMILES string of the molecule is CCN(CCCNC(C)c1cn(C)nc1C)S(C)(=O)=O. The molecule has 1 unspecified atom stereocenters. The molecule has 0 saturated heterocycles. The van der Waals surface area contributed by atoms with Crippen LogP contribution in [0.1, 0.15) is 37.6 Å². The Hall–Kier alpha value is -0.920. The first kappa shape index (κ1) is 17.1. The molecule has 1 heterocycles. The fraction of sp³-hybridized carbons (Fsp3) is 0.769. The average molecular weight is 302 g/mol. The van der Waals surface area contributed by atoms with Crippen molar-refractivity contribution in [2.24, 2.45) is 7.05 Å². The summed E-state index contributed by atoms with van der Waals surface area (Å²) in [5.74, 6) is 0. The van der Waals surface area contributed by atoms with E-state index in [2.05, 4.69) is 17.3 Å². The maximum absolute atomic E-state index is 11.5. The summed E-state index contributed by atoms with van der Waals surface area (Å²) in [5, 5.41) is 7.73. The standard InChI is InChI=1S/C13H26N4O2S/c1-6-17(20(5,18)19)9-7-8-14-11(2)13-10-16(4)15-12(13)3/h10-11,14H,6-9H2,1-5H3. The molecule has 7 heteroatoms. The van der Waals surface area contributed by atoms with Crippen LogP contribution in [0.15, 0.2) is 6.20 Å². The lowest BCUT2D eigenvalue weighted by Crippen LogP contribution is -2.32. The predicted molar refractivity (Wildman–Crippen MR) is 81.1 cm³/mol. The molecule has 6 nitrogen and oxygen atoms in total. The Bertz CT molecular complexity index is 524. The van der Waals surface area contributed by atoms with E-state index >= 15 is 0 Å². The van der Waals surface area contributed by atoms with E-state index in [1.807, 2.05) is 31.8 Å². The van der Waals surface area contributed by atoms with Crippen LogP contribution in [-0.4, -0.2) is 48.4 Å². The van der Waals surface area contributed by atoms with E-state index < -0.39 is 10.0 Å². The summed E-state index contributed by atoms with van der Waals surface area (Å²) < 4.78 is 26.2. The zero-order valence-corrected chi connectivity index (χ0v) is 13.9. The molecule has 0 bridgehead atoms. The maximum Gasteiger partial charge on any atom is 0.211 e. The third kappa shape index (κ3) is 4.88. The highest BCUT2D eigenvalue weighted by Crippen LogP contribution is 2.15. The first-order chi connectivity index (χ1) is 9.25. The number of nitrogens with zero attached hydrogens (tertiary/aromatic N) is 3. The molecule has 116 valence electrons. The molecule has 1 atom stereocenters. The van der Waals surface area contributed by atoms with Crippen molar-refractivity contribution in [2.45, 2.75) is 33.2 Å². The van der Waals surface area contributed by atoms with Crippen LogP contribution in [0.3, 0.4) is 0 Å². The van der Waals surface area contributed by atoms with Crippen molar-refractivity contribution in [1.82, 2.24) is 19.4 Å². The van der Waals surface area contributed by atoms with Gasteiger partial charge in [-0.05, 0) is 26.8 Å². The Labute approximate surface area is 122 Å². The van der Waals surface area contributed by atoms with Gasteiger partial charge in [0.1, 0.15) is 0 Å². The maximum atomic E-state index is 11.5. The van der Waals surface area contributed by atoms with Crippen LogP contribution in [0.2, 0.25) is 0 Å². The lowest BCUT2D eigenvalue weighted by Gasteiger charge is -2.19. The summed E-state index contributed by atoms with van der Waals surface area (Å²) in [6.45, 7) is 7.81.